The van der Waals surface area contributed by atoms with Crippen LogP contribution in [0.3, 0.4) is 0 Å². The molecule has 0 fully saturated rings. The van der Waals surface area contributed by atoms with Crippen molar-refractivity contribution in [2.45, 2.75) is 19.4 Å². The van der Waals surface area contributed by atoms with Crippen LogP contribution in [-0.2, 0) is 6.42 Å². The molecule has 0 aliphatic carbocycles. The number of carbonyl (C=O) groups is 1. The van der Waals surface area contributed by atoms with Crippen molar-refractivity contribution in [1.29, 1.82) is 0 Å². The Morgan fingerprint density at radius 2 is 2.10 bits per heavy atom. The van der Waals surface area contributed by atoms with Gasteiger partial charge in [-0.3, -0.25) is 4.79 Å². The number of H-pyrrole nitrogens is 1. The Morgan fingerprint density at radius 3 is 2.86 bits per heavy atom. The summed E-state index contributed by atoms with van der Waals surface area (Å²) in [5.74, 6) is -0.240. The zero-order valence-electron chi connectivity index (χ0n) is 15.6. The van der Waals surface area contributed by atoms with Crippen LogP contribution in [0.4, 0.5) is 4.39 Å². The number of nitrogens with one attached hydrogen (secondary N) is 1. The quantitative estimate of drug-likeness (QED) is 0.504. The Morgan fingerprint density at radius 1 is 1.28 bits per heavy atom. The molecule has 2 aromatic heterocycles. The molecule has 0 radical (unpaired) electrons. The largest absolute Gasteiger partial charge is 0.361 e. The molecule has 146 valence electrons. The Labute approximate surface area is 171 Å². The standard InChI is InChI=1S/C22H17ClFN3O2/c1-12-11-18(26-29-12)22(28)27-10-9-14-13-5-2-3-8-17(13)25-20(14)21(27)19-15(23)6-4-7-16(19)24/h2-8,11,21,25H,9-10H2,1H3/t21-/m1/s1. The highest BCUT2D eigenvalue weighted by Crippen LogP contribution is 2.42. The maximum Gasteiger partial charge on any atom is 0.276 e. The molecule has 5 rings (SSSR count). The lowest BCUT2D eigenvalue weighted by Crippen LogP contribution is -2.41. The van der Waals surface area contributed by atoms with Gasteiger partial charge >= 0.3 is 0 Å². The first-order chi connectivity index (χ1) is 14.0. The van der Waals surface area contributed by atoms with Gasteiger partial charge in [-0.05, 0) is 37.1 Å². The number of benzene rings is 2. The predicted molar refractivity (Wildman–Crippen MR) is 108 cm³/mol. The van der Waals surface area contributed by atoms with Crippen LogP contribution in [0.25, 0.3) is 10.9 Å². The van der Waals surface area contributed by atoms with E-state index in [4.69, 9.17) is 16.1 Å². The molecular formula is C22H17ClFN3O2. The summed E-state index contributed by atoms with van der Waals surface area (Å²) in [5.41, 5.74) is 3.26. The van der Waals surface area contributed by atoms with E-state index in [1.165, 1.54) is 6.07 Å². The van der Waals surface area contributed by atoms with Gasteiger partial charge < -0.3 is 14.4 Å². The third-order valence-corrected chi connectivity index (χ3v) is 5.75. The Hall–Kier alpha value is -3.12. The van der Waals surface area contributed by atoms with Gasteiger partial charge in [-0.25, -0.2) is 4.39 Å². The molecule has 29 heavy (non-hydrogen) atoms. The topological polar surface area (TPSA) is 62.1 Å². The molecule has 1 atom stereocenters. The van der Waals surface area contributed by atoms with Crippen LogP contribution in [0.2, 0.25) is 5.02 Å². The fourth-order valence-corrected chi connectivity index (χ4v) is 4.41. The van der Waals surface area contributed by atoms with Crippen molar-refractivity contribution in [3.63, 3.8) is 0 Å². The molecular weight excluding hydrogens is 393 g/mol. The summed E-state index contributed by atoms with van der Waals surface area (Å²) in [6.45, 7) is 2.13. The molecule has 3 heterocycles. The third-order valence-electron chi connectivity index (χ3n) is 5.42. The molecule has 5 nitrogen and oxygen atoms in total. The van der Waals surface area contributed by atoms with Crippen molar-refractivity contribution in [3.05, 3.63) is 87.6 Å². The molecule has 1 N–H and O–H groups in total. The molecule has 1 aliphatic rings. The lowest BCUT2D eigenvalue weighted by atomic mass is 9.91. The highest BCUT2D eigenvalue weighted by molar-refractivity contribution is 6.31. The molecule has 4 aromatic rings. The Balaban J connectivity index is 1.73. The number of hydrogen-bond acceptors (Lipinski definition) is 3. The number of rotatable bonds is 2. The van der Waals surface area contributed by atoms with Gasteiger partial charge in [0.25, 0.3) is 5.91 Å². The average Bonchev–Trinajstić information content (AvgIpc) is 3.31. The lowest BCUT2D eigenvalue weighted by Gasteiger charge is -2.36. The van der Waals surface area contributed by atoms with Crippen molar-refractivity contribution in [1.82, 2.24) is 15.0 Å². The maximum atomic E-state index is 15.0. The minimum atomic E-state index is -0.690. The summed E-state index contributed by atoms with van der Waals surface area (Å²) in [6, 6.07) is 13.4. The van der Waals surface area contributed by atoms with Crippen LogP contribution in [0.5, 0.6) is 0 Å². The summed E-state index contributed by atoms with van der Waals surface area (Å²) in [4.78, 5) is 18.3. The number of aromatic nitrogens is 2. The first-order valence-corrected chi connectivity index (χ1v) is 9.70. The number of para-hydroxylation sites is 1. The molecule has 1 amide bonds. The fraction of sp³-hybridized carbons (Fsp3) is 0.182. The highest BCUT2D eigenvalue weighted by Gasteiger charge is 2.38. The van der Waals surface area contributed by atoms with E-state index in [2.05, 4.69) is 10.1 Å². The van der Waals surface area contributed by atoms with Crippen molar-refractivity contribution in [2.24, 2.45) is 0 Å². The second-order valence-corrected chi connectivity index (χ2v) is 7.58. The van der Waals surface area contributed by atoms with E-state index in [-0.39, 0.29) is 22.2 Å². The molecule has 2 aromatic carbocycles. The van der Waals surface area contributed by atoms with Crippen molar-refractivity contribution >= 4 is 28.4 Å². The van der Waals surface area contributed by atoms with Gasteiger partial charge in [-0.15, -0.1) is 0 Å². The number of nitrogens with zero attached hydrogens (tertiary/aromatic N) is 2. The molecule has 0 saturated carbocycles. The van der Waals surface area contributed by atoms with Crippen molar-refractivity contribution in [3.8, 4) is 0 Å². The zero-order valence-corrected chi connectivity index (χ0v) is 16.3. The molecule has 0 unspecified atom stereocenters. The van der Waals surface area contributed by atoms with Gasteiger partial charge in [-0.1, -0.05) is 41.0 Å². The monoisotopic (exact) mass is 409 g/mol. The fourth-order valence-electron chi connectivity index (χ4n) is 4.15. The highest BCUT2D eigenvalue weighted by atomic mass is 35.5. The van der Waals surface area contributed by atoms with Gasteiger partial charge in [0.2, 0.25) is 0 Å². The van der Waals surface area contributed by atoms with E-state index >= 15 is 0 Å². The predicted octanol–water partition coefficient (Wildman–Crippen LogP) is 5.04. The Kier molecular flexibility index (Phi) is 4.17. The minimum absolute atomic E-state index is 0.194. The van der Waals surface area contributed by atoms with Crippen LogP contribution in [0.15, 0.2) is 53.1 Å². The second-order valence-electron chi connectivity index (χ2n) is 7.17. The number of amides is 1. The number of fused-ring (bicyclic) bond motifs is 3. The molecule has 7 heteroatoms. The van der Waals surface area contributed by atoms with Gasteiger partial charge in [-0.2, -0.15) is 0 Å². The van der Waals surface area contributed by atoms with Crippen molar-refractivity contribution < 1.29 is 13.7 Å². The molecule has 0 spiro atoms. The minimum Gasteiger partial charge on any atom is -0.361 e. The summed E-state index contributed by atoms with van der Waals surface area (Å²) in [7, 11) is 0. The van der Waals surface area contributed by atoms with E-state index in [9.17, 15) is 9.18 Å². The maximum absolute atomic E-state index is 15.0. The zero-order chi connectivity index (χ0) is 20.1. The summed E-state index contributed by atoms with van der Waals surface area (Å²) in [6.07, 6.45) is 0.643. The van der Waals surface area contributed by atoms with E-state index in [0.29, 0.717) is 18.7 Å². The molecule has 1 aliphatic heterocycles. The first-order valence-electron chi connectivity index (χ1n) is 9.32. The van der Waals surface area contributed by atoms with E-state index in [1.54, 1.807) is 30.0 Å². The summed E-state index contributed by atoms with van der Waals surface area (Å²) < 4.78 is 20.0. The number of carbonyl (C=O) groups excluding carboxylic acids is 1. The van der Waals surface area contributed by atoms with Crippen molar-refractivity contribution in [2.75, 3.05) is 6.54 Å². The molecule has 0 bridgehead atoms. The summed E-state index contributed by atoms with van der Waals surface area (Å²) in [5, 5.41) is 5.21. The van der Waals surface area contributed by atoms with Gasteiger partial charge in [0.1, 0.15) is 17.6 Å². The number of halogens is 2. The third kappa shape index (κ3) is 2.83. The van der Waals surface area contributed by atoms with Crippen LogP contribution in [0.1, 0.15) is 39.1 Å². The first kappa shape index (κ1) is 17.9. The smallest absolute Gasteiger partial charge is 0.276 e. The number of hydrogen-bond donors (Lipinski definition) is 1. The Bertz CT molecular complexity index is 1230. The normalized spacial score (nSPS) is 16.2. The van der Waals surface area contributed by atoms with E-state index < -0.39 is 11.9 Å². The lowest BCUT2D eigenvalue weighted by molar-refractivity contribution is 0.0679. The van der Waals surface area contributed by atoms with Gasteiger partial charge in [0, 0.05) is 39.8 Å². The second kappa shape index (κ2) is 6.74. The molecule has 0 saturated heterocycles. The van der Waals surface area contributed by atoms with Crippen LogP contribution >= 0.6 is 11.6 Å². The summed E-state index contributed by atoms with van der Waals surface area (Å²) >= 11 is 6.42. The van der Waals surface area contributed by atoms with E-state index in [1.807, 2.05) is 24.3 Å². The van der Waals surface area contributed by atoms with Crippen LogP contribution in [0, 0.1) is 12.7 Å². The van der Waals surface area contributed by atoms with Gasteiger partial charge in [0.05, 0.1) is 0 Å². The number of aryl methyl sites for hydroxylation is 1. The SMILES string of the molecule is Cc1cc(C(=O)N2CCc3c([nH]c4ccccc34)[C@H]2c2c(F)cccc2Cl)no1. The average molecular weight is 410 g/mol. The van der Waals surface area contributed by atoms with Crippen LogP contribution < -0.4 is 0 Å². The van der Waals surface area contributed by atoms with Gasteiger partial charge in [0.15, 0.2) is 5.69 Å². The van der Waals surface area contributed by atoms with E-state index in [0.717, 1.165) is 22.2 Å². The number of aromatic amines is 1. The van der Waals surface area contributed by atoms with Crippen LogP contribution in [-0.4, -0.2) is 27.5 Å².